The fourth-order valence-electron chi connectivity index (χ4n) is 1.78. The van der Waals surface area contributed by atoms with Crippen LogP contribution in [0.2, 0.25) is 5.02 Å². The Morgan fingerprint density at radius 3 is 2.53 bits per heavy atom. The topological polar surface area (TPSA) is 32.3 Å². The summed E-state index contributed by atoms with van der Waals surface area (Å²) in [5.74, 6) is -0.481. The number of rotatable bonds is 4. The number of hydrogen-bond donors (Lipinski definition) is 2. The van der Waals surface area contributed by atoms with Crippen LogP contribution in [0.4, 0.5) is 10.1 Å². The van der Waals surface area contributed by atoms with E-state index in [1.54, 1.807) is 13.0 Å². The van der Waals surface area contributed by atoms with Crippen LogP contribution in [0.3, 0.4) is 0 Å². The number of anilines is 1. The van der Waals surface area contributed by atoms with E-state index < -0.39 is 11.4 Å². The first-order valence-electron chi connectivity index (χ1n) is 5.96. The van der Waals surface area contributed by atoms with Gasteiger partial charge < -0.3 is 10.4 Å². The standard InChI is InChI=1S/C15H15ClFNO/c1-15(19,11-5-3-2-4-6-11)10-18-12-7-8-13(16)14(17)9-12/h2-9,18-19H,10H2,1H3. The molecule has 0 aromatic heterocycles. The summed E-state index contributed by atoms with van der Waals surface area (Å²) in [5.41, 5.74) is 0.354. The van der Waals surface area contributed by atoms with Crippen LogP contribution >= 0.6 is 11.6 Å². The molecule has 0 aliphatic carbocycles. The highest BCUT2D eigenvalue weighted by atomic mass is 35.5. The summed E-state index contributed by atoms with van der Waals surface area (Å²) >= 11 is 5.61. The van der Waals surface area contributed by atoms with Gasteiger partial charge in [0.2, 0.25) is 0 Å². The first-order valence-corrected chi connectivity index (χ1v) is 6.34. The second kappa shape index (κ2) is 5.59. The molecule has 19 heavy (non-hydrogen) atoms. The lowest BCUT2D eigenvalue weighted by molar-refractivity contribution is 0.0715. The quantitative estimate of drug-likeness (QED) is 0.892. The maximum absolute atomic E-state index is 13.3. The molecule has 0 radical (unpaired) electrons. The van der Waals surface area contributed by atoms with Gasteiger partial charge in [0.05, 0.1) is 5.02 Å². The van der Waals surface area contributed by atoms with Crippen molar-refractivity contribution >= 4 is 17.3 Å². The number of hydrogen-bond acceptors (Lipinski definition) is 2. The van der Waals surface area contributed by atoms with Gasteiger partial charge in [0.1, 0.15) is 11.4 Å². The van der Waals surface area contributed by atoms with Gasteiger partial charge in [-0.25, -0.2) is 4.39 Å². The summed E-state index contributed by atoms with van der Waals surface area (Å²) in [6.07, 6.45) is 0. The third-order valence-electron chi connectivity index (χ3n) is 2.95. The molecule has 0 heterocycles. The average Bonchev–Trinajstić information content (AvgIpc) is 2.41. The maximum Gasteiger partial charge on any atom is 0.143 e. The molecule has 0 fully saturated rings. The van der Waals surface area contributed by atoms with E-state index in [1.807, 2.05) is 30.3 Å². The van der Waals surface area contributed by atoms with Crippen molar-refractivity contribution in [1.82, 2.24) is 0 Å². The van der Waals surface area contributed by atoms with E-state index in [-0.39, 0.29) is 11.6 Å². The molecule has 0 aliphatic rings. The van der Waals surface area contributed by atoms with Gasteiger partial charge >= 0.3 is 0 Å². The molecule has 2 rings (SSSR count). The second-order valence-electron chi connectivity index (χ2n) is 4.62. The molecule has 1 unspecified atom stereocenters. The highest BCUT2D eigenvalue weighted by Gasteiger charge is 2.22. The SMILES string of the molecule is CC(O)(CNc1ccc(Cl)c(F)c1)c1ccccc1. The largest absolute Gasteiger partial charge is 0.384 e. The van der Waals surface area contributed by atoms with Crippen molar-refractivity contribution in [3.05, 3.63) is 64.9 Å². The van der Waals surface area contributed by atoms with Crippen molar-refractivity contribution in [2.24, 2.45) is 0 Å². The van der Waals surface area contributed by atoms with Crippen LogP contribution in [0.15, 0.2) is 48.5 Å². The summed E-state index contributed by atoms with van der Waals surface area (Å²) in [5, 5.41) is 13.5. The van der Waals surface area contributed by atoms with E-state index in [2.05, 4.69) is 5.32 Å². The number of nitrogens with one attached hydrogen (secondary N) is 1. The number of benzene rings is 2. The lowest BCUT2D eigenvalue weighted by atomic mass is 9.96. The molecule has 1 atom stereocenters. The smallest absolute Gasteiger partial charge is 0.143 e. The zero-order chi connectivity index (χ0) is 13.9. The van der Waals surface area contributed by atoms with Crippen LogP contribution in [0.1, 0.15) is 12.5 Å². The van der Waals surface area contributed by atoms with E-state index in [1.165, 1.54) is 12.1 Å². The Hall–Kier alpha value is -1.58. The van der Waals surface area contributed by atoms with E-state index >= 15 is 0 Å². The minimum absolute atomic E-state index is 0.0837. The minimum Gasteiger partial charge on any atom is -0.384 e. The molecule has 4 heteroatoms. The second-order valence-corrected chi connectivity index (χ2v) is 5.03. The summed E-state index contributed by atoms with van der Waals surface area (Å²) in [6.45, 7) is 1.99. The van der Waals surface area contributed by atoms with Crippen molar-refractivity contribution in [3.8, 4) is 0 Å². The van der Waals surface area contributed by atoms with Crippen molar-refractivity contribution in [1.29, 1.82) is 0 Å². The van der Waals surface area contributed by atoms with Crippen LogP contribution in [0.25, 0.3) is 0 Å². The molecule has 0 amide bonds. The lowest BCUT2D eigenvalue weighted by Crippen LogP contribution is -2.30. The monoisotopic (exact) mass is 279 g/mol. The van der Waals surface area contributed by atoms with Gasteiger partial charge in [-0.05, 0) is 30.7 Å². The molecular formula is C15H15ClFNO. The van der Waals surface area contributed by atoms with Crippen molar-refractivity contribution in [2.75, 3.05) is 11.9 Å². The number of aliphatic hydroxyl groups is 1. The lowest BCUT2D eigenvalue weighted by Gasteiger charge is -2.24. The molecule has 0 saturated carbocycles. The van der Waals surface area contributed by atoms with Crippen LogP contribution in [0, 0.1) is 5.82 Å². The van der Waals surface area contributed by atoms with E-state index in [0.29, 0.717) is 5.69 Å². The molecule has 2 aromatic rings. The molecule has 0 bridgehead atoms. The van der Waals surface area contributed by atoms with Gasteiger partial charge in [-0.3, -0.25) is 0 Å². The first kappa shape index (κ1) is 13.8. The zero-order valence-electron chi connectivity index (χ0n) is 10.5. The van der Waals surface area contributed by atoms with Crippen LogP contribution in [-0.2, 0) is 5.60 Å². The fraction of sp³-hybridized carbons (Fsp3) is 0.200. The normalized spacial score (nSPS) is 13.9. The van der Waals surface area contributed by atoms with Crippen molar-refractivity contribution in [2.45, 2.75) is 12.5 Å². The van der Waals surface area contributed by atoms with Crippen LogP contribution in [-0.4, -0.2) is 11.7 Å². The van der Waals surface area contributed by atoms with Gasteiger partial charge in [0.25, 0.3) is 0 Å². The molecule has 2 N–H and O–H groups in total. The predicted octanol–water partition coefficient (Wildman–Crippen LogP) is 3.80. The molecule has 0 saturated heterocycles. The highest BCUT2D eigenvalue weighted by Crippen LogP contribution is 2.23. The van der Waals surface area contributed by atoms with Gasteiger partial charge in [-0.15, -0.1) is 0 Å². The summed E-state index contributed by atoms with van der Waals surface area (Å²) in [7, 11) is 0. The Kier molecular flexibility index (Phi) is 4.08. The molecule has 0 aliphatic heterocycles. The Labute approximate surface area is 116 Å². The van der Waals surface area contributed by atoms with Gasteiger partial charge in [-0.1, -0.05) is 41.9 Å². The molecule has 0 spiro atoms. The third kappa shape index (κ3) is 3.46. The molecule has 100 valence electrons. The Morgan fingerprint density at radius 2 is 1.89 bits per heavy atom. The summed E-state index contributed by atoms with van der Waals surface area (Å²) < 4.78 is 13.3. The van der Waals surface area contributed by atoms with Crippen molar-refractivity contribution in [3.63, 3.8) is 0 Å². The summed E-state index contributed by atoms with van der Waals surface area (Å²) in [4.78, 5) is 0. The molecule has 2 nitrogen and oxygen atoms in total. The van der Waals surface area contributed by atoms with Crippen LogP contribution in [0.5, 0.6) is 0 Å². The highest BCUT2D eigenvalue weighted by molar-refractivity contribution is 6.30. The predicted molar refractivity (Wildman–Crippen MR) is 75.9 cm³/mol. The minimum atomic E-state index is -1.03. The maximum atomic E-state index is 13.3. The first-order chi connectivity index (χ1) is 8.99. The van der Waals surface area contributed by atoms with Gasteiger partial charge in [0, 0.05) is 12.2 Å². The third-order valence-corrected chi connectivity index (χ3v) is 3.26. The van der Waals surface area contributed by atoms with E-state index in [0.717, 1.165) is 5.56 Å². The Bertz CT molecular complexity index is 557. The number of halogens is 2. The average molecular weight is 280 g/mol. The van der Waals surface area contributed by atoms with Gasteiger partial charge in [-0.2, -0.15) is 0 Å². The Balaban J connectivity index is 2.07. The van der Waals surface area contributed by atoms with Crippen molar-refractivity contribution < 1.29 is 9.50 Å². The van der Waals surface area contributed by atoms with E-state index in [4.69, 9.17) is 11.6 Å². The molecular weight excluding hydrogens is 265 g/mol. The fourth-order valence-corrected chi connectivity index (χ4v) is 1.90. The molecule has 2 aromatic carbocycles. The summed E-state index contributed by atoms with van der Waals surface area (Å²) in [6, 6.07) is 13.8. The zero-order valence-corrected chi connectivity index (χ0v) is 11.3. The van der Waals surface area contributed by atoms with Gasteiger partial charge in [0.15, 0.2) is 0 Å². The van der Waals surface area contributed by atoms with Crippen LogP contribution < -0.4 is 5.32 Å². The Morgan fingerprint density at radius 1 is 1.21 bits per heavy atom. The van der Waals surface area contributed by atoms with E-state index in [9.17, 15) is 9.50 Å².